The number of fused-ring (bicyclic) bond motifs is 1. The summed E-state index contributed by atoms with van der Waals surface area (Å²) >= 11 is 0. The van der Waals surface area contributed by atoms with Crippen molar-refractivity contribution in [1.29, 1.82) is 0 Å². The van der Waals surface area contributed by atoms with Gasteiger partial charge < -0.3 is 9.64 Å². The molecule has 1 aliphatic carbocycles. The van der Waals surface area contributed by atoms with Crippen molar-refractivity contribution < 1.29 is 4.74 Å². The minimum absolute atomic E-state index is 0.407. The van der Waals surface area contributed by atoms with Crippen molar-refractivity contribution >= 4 is 5.82 Å². The van der Waals surface area contributed by atoms with E-state index in [0.29, 0.717) is 12.1 Å². The molecule has 1 aliphatic heterocycles. The lowest BCUT2D eigenvalue weighted by Crippen LogP contribution is -2.53. The Labute approximate surface area is 95.7 Å². The Morgan fingerprint density at radius 3 is 3.06 bits per heavy atom. The van der Waals surface area contributed by atoms with E-state index in [1.165, 1.54) is 25.7 Å². The molecule has 2 heterocycles. The Morgan fingerprint density at radius 2 is 2.19 bits per heavy atom. The summed E-state index contributed by atoms with van der Waals surface area (Å²) in [7, 11) is 0. The summed E-state index contributed by atoms with van der Waals surface area (Å²) in [6.07, 6.45) is 10.8. The number of hydrogen-bond acceptors (Lipinski definition) is 4. The first-order valence-electron chi connectivity index (χ1n) is 6.09. The molecule has 16 heavy (non-hydrogen) atoms. The van der Waals surface area contributed by atoms with E-state index in [2.05, 4.69) is 14.9 Å². The van der Waals surface area contributed by atoms with Crippen LogP contribution in [0.25, 0.3) is 0 Å². The van der Waals surface area contributed by atoms with Crippen LogP contribution in [-0.2, 0) is 4.74 Å². The van der Waals surface area contributed by atoms with Crippen molar-refractivity contribution in [2.75, 3.05) is 18.1 Å². The molecule has 4 nitrogen and oxygen atoms in total. The first-order valence-corrected chi connectivity index (χ1v) is 6.09. The molecule has 2 fully saturated rings. The number of hydrogen-bond donors (Lipinski definition) is 0. The third kappa shape index (κ3) is 1.78. The molecule has 2 aliphatic rings. The quantitative estimate of drug-likeness (QED) is 0.719. The summed E-state index contributed by atoms with van der Waals surface area (Å²) in [4.78, 5) is 10.9. The number of ether oxygens (including phenoxy) is 1. The Kier molecular flexibility index (Phi) is 2.74. The van der Waals surface area contributed by atoms with Gasteiger partial charge in [0, 0.05) is 18.9 Å². The van der Waals surface area contributed by atoms with Gasteiger partial charge in [0.1, 0.15) is 5.82 Å². The highest BCUT2D eigenvalue weighted by Crippen LogP contribution is 2.30. The van der Waals surface area contributed by atoms with Gasteiger partial charge in [-0.1, -0.05) is 12.8 Å². The van der Waals surface area contributed by atoms with Gasteiger partial charge in [-0.3, -0.25) is 4.98 Å². The van der Waals surface area contributed by atoms with Crippen LogP contribution < -0.4 is 4.90 Å². The van der Waals surface area contributed by atoms with Crippen molar-refractivity contribution in [2.24, 2.45) is 0 Å². The van der Waals surface area contributed by atoms with E-state index >= 15 is 0 Å². The molecule has 1 saturated heterocycles. The van der Waals surface area contributed by atoms with Crippen LogP contribution in [0.4, 0.5) is 5.82 Å². The van der Waals surface area contributed by atoms with Crippen molar-refractivity contribution in [3.63, 3.8) is 0 Å². The molecule has 1 saturated carbocycles. The molecule has 4 heteroatoms. The van der Waals surface area contributed by atoms with E-state index < -0.39 is 0 Å². The molecule has 3 rings (SSSR count). The lowest BCUT2D eigenvalue weighted by atomic mass is 9.90. The Bertz CT molecular complexity index is 341. The molecule has 1 aromatic heterocycles. The van der Waals surface area contributed by atoms with E-state index in [4.69, 9.17) is 4.74 Å². The molecule has 0 N–H and O–H groups in total. The second-order valence-electron chi connectivity index (χ2n) is 4.52. The number of morpholine rings is 1. The fraction of sp³-hybridized carbons (Fsp3) is 0.667. The van der Waals surface area contributed by atoms with E-state index in [-0.39, 0.29) is 0 Å². The van der Waals surface area contributed by atoms with Crippen LogP contribution in [0.2, 0.25) is 0 Å². The first-order chi connectivity index (χ1) is 7.95. The first kappa shape index (κ1) is 10.0. The molecule has 0 bridgehead atoms. The lowest BCUT2D eigenvalue weighted by Gasteiger charge is -2.44. The van der Waals surface area contributed by atoms with Gasteiger partial charge in [-0.2, -0.15) is 0 Å². The smallest absolute Gasteiger partial charge is 0.147 e. The minimum atomic E-state index is 0.407. The van der Waals surface area contributed by atoms with Crippen LogP contribution >= 0.6 is 0 Å². The van der Waals surface area contributed by atoms with Crippen molar-refractivity contribution in [1.82, 2.24) is 9.97 Å². The number of anilines is 1. The predicted molar refractivity (Wildman–Crippen MR) is 61.4 cm³/mol. The second kappa shape index (κ2) is 4.37. The van der Waals surface area contributed by atoms with Crippen LogP contribution in [0.3, 0.4) is 0 Å². The summed E-state index contributed by atoms with van der Waals surface area (Å²) in [5.41, 5.74) is 0. The average molecular weight is 219 g/mol. The van der Waals surface area contributed by atoms with Crippen LogP contribution in [0.15, 0.2) is 18.6 Å². The van der Waals surface area contributed by atoms with Crippen molar-refractivity contribution in [2.45, 2.75) is 37.8 Å². The maximum Gasteiger partial charge on any atom is 0.147 e. The van der Waals surface area contributed by atoms with Gasteiger partial charge in [0.15, 0.2) is 0 Å². The third-order valence-electron chi connectivity index (χ3n) is 3.58. The van der Waals surface area contributed by atoms with Gasteiger partial charge in [-0.25, -0.2) is 4.98 Å². The molecule has 2 atom stereocenters. The summed E-state index contributed by atoms with van der Waals surface area (Å²) in [6.45, 7) is 1.76. The zero-order valence-corrected chi connectivity index (χ0v) is 9.38. The lowest BCUT2D eigenvalue weighted by molar-refractivity contribution is -0.00901. The van der Waals surface area contributed by atoms with Gasteiger partial charge in [-0.15, -0.1) is 0 Å². The standard InChI is InChI=1S/C12H17N3O/c1-2-4-11-10(3-1)15(7-8-16-11)12-9-13-5-6-14-12/h5-6,9-11H,1-4,7-8H2. The Morgan fingerprint density at radius 1 is 1.25 bits per heavy atom. The van der Waals surface area contributed by atoms with Gasteiger partial charge in [0.25, 0.3) is 0 Å². The fourth-order valence-corrected chi connectivity index (χ4v) is 2.82. The average Bonchev–Trinajstić information content (AvgIpc) is 2.39. The van der Waals surface area contributed by atoms with Gasteiger partial charge in [0.05, 0.1) is 24.9 Å². The fourth-order valence-electron chi connectivity index (χ4n) is 2.82. The normalized spacial score (nSPS) is 29.9. The summed E-state index contributed by atoms with van der Waals surface area (Å²) < 4.78 is 5.84. The number of aromatic nitrogens is 2. The summed E-state index contributed by atoms with van der Waals surface area (Å²) in [6, 6.07) is 0.513. The van der Waals surface area contributed by atoms with Crippen molar-refractivity contribution in [3.05, 3.63) is 18.6 Å². The minimum Gasteiger partial charge on any atom is -0.374 e. The Balaban J connectivity index is 1.83. The zero-order valence-electron chi connectivity index (χ0n) is 9.38. The highest BCUT2D eigenvalue weighted by molar-refractivity contribution is 5.38. The number of nitrogens with zero attached hydrogens (tertiary/aromatic N) is 3. The topological polar surface area (TPSA) is 38.2 Å². The van der Waals surface area contributed by atoms with Crippen LogP contribution in [0, 0.1) is 0 Å². The van der Waals surface area contributed by atoms with Crippen molar-refractivity contribution in [3.8, 4) is 0 Å². The van der Waals surface area contributed by atoms with E-state index in [1.807, 2.05) is 6.20 Å². The molecule has 0 spiro atoms. The van der Waals surface area contributed by atoms with Gasteiger partial charge in [-0.05, 0) is 12.8 Å². The van der Waals surface area contributed by atoms with E-state index in [9.17, 15) is 0 Å². The molecule has 0 aromatic carbocycles. The summed E-state index contributed by atoms with van der Waals surface area (Å²) in [5, 5.41) is 0. The highest BCUT2D eigenvalue weighted by atomic mass is 16.5. The summed E-state index contributed by atoms with van der Waals surface area (Å²) in [5.74, 6) is 1.00. The molecular weight excluding hydrogens is 202 g/mol. The molecule has 86 valence electrons. The second-order valence-corrected chi connectivity index (χ2v) is 4.52. The van der Waals surface area contributed by atoms with E-state index in [0.717, 1.165) is 19.0 Å². The molecule has 2 unspecified atom stereocenters. The monoisotopic (exact) mass is 219 g/mol. The molecule has 0 radical (unpaired) electrons. The van der Waals surface area contributed by atoms with Crippen LogP contribution in [-0.4, -0.2) is 35.3 Å². The number of rotatable bonds is 1. The van der Waals surface area contributed by atoms with Crippen LogP contribution in [0.1, 0.15) is 25.7 Å². The maximum absolute atomic E-state index is 5.84. The predicted octanol–water partition coefficient (Wildman–Crippen LogP) is 1.62. The molecular formula is C12H17N3O. The third-order valence-corrected chi connectivity index (χ3v) is 3.58. The maximum atomic E-state index is 5.84. The Hall–Kier alpha value is -1.16. The van der Waals surface area contributed by atoms with Crippen LogP contribution in [0.5, 0.6) is 0 Å². The largest absolute Gasteiger partial charge is 0.374 e. The van der Waals surface area contributed by atoms with Gasteiger partial charge in [0.2, 0.25) is 0 Å². The molecule has 1 aromatic rings. The SMILES string of the molecule is c1cnc(N2CCOC3CCCCC32)cn1. The molecule has 0 amide bonds. The van der Waals surface area contributed by atoms with E-state index in [1.54, 1.807) is 12.4 Å². The van der Waals surface area contributed by atoms with Gasteiger partial charge >= 0.3 is 0 Å². The highest BCUT2D eigenvalue weighted by Gasteiger charge is 2.34. The zero-order chi connectivity index (χ0) is 10.8.